The molecule has 0 amide bonds. The van der Waals surface area contributed by atoms with E-state index in [0.717, 1.165) is 94.1 Å². The fourth-order valence-corrected chi connectivity index (χ4v) is 7.92. The van der Waals surface area contributed by atoms with Gasteiger partial charge in [0.05, 0.1) is 0 Å². The summed E-state index contributed by atoms with van der Waals surface area (Å²) < 4.78 is 0. The number of allylic oxidation sites excluding steroid dienone is 12. The van der Waals surface area contributed by atoms with Gasteiger partial charge in [-0.05, 0) is 83.2 Å². The quantitative estimate of drug-likeness (QED) is 0.154. The van der Waals surface area contributed by atoms with E-state index in [2.05, 4.69) is 146 Å². The second-order valence-electron chi connectivity index (χ2n) is 14.8. The highest BCUT2D eigenvalue weighted by Crippen LogP contribution is 2.35. The minimum absolute atomic E-state index is 0.635. The average molecular weight is 749 g/mol. The number of rotatable bonds is 8. The van der Waals surface area contributed by atoms with Crippen molar-refractivity contribution < 1.29 is 0 Å². The summed E-state index contributed by atoms with van der Waals surface area (Å²) in [5, 5.41) is 2.09. The Morgan fingerprint density at radius 2 is 0.983 bits per heavy atom. The van der Waals surface area contributed by atoms with Gasteiger partial charge in [0, 0.05) is 27.8 Å². The molecule has 0 saturated heterocycles. The minimum Gasteiger partial charge on any atom is -0.209 e. The van der Waals surface area contributed by atoms with Crippen LogP contribution in [0.3, 0.4) is 0 Å². The Hall–Kier alpha value is -7.18. The van der Waals surface area contributed by atoms with Gasteiger partial charge in [-0.25, -0.2) is 29.9 Å². The number of aromatic nitrogens is 6. The van der Waals surface area contributed by atoms with Crippen molar-refractivity contribution in [3.05, 3.63) is 193 Å². The third-order valence-electron chi connectivity index (χ3n) is 11.0. The zero-order valence-electron chi connectivity index (χ0n) is 32.1. The molecule has 0 fully saturated rings. The maximum Gasteiger partial charge on any atom is 0.164 e. The maximum absolute atomic E-state index is 5.12. The molecule has 0 spiro atoms. The molecule has 0 N–H and O–H groups in total. The highest BCUT2D eigenvalue weighted by atomic mass is 15.0. The second-order valence-corrected chi connectivity index (χ2v) is 14.8. The summed E-state index contributed by atoms with van der Waals surface area (Å²) in [5.74, 6) is 3.99. The first kappa shape index (κ1) is 35.2. The van der Waals surface area contributed by atoms with Crippen molar-refractivity contribution in [3.8, 4) is 56.7 Å². The van der Waals surface area contributed by atoms with Gasteiger partial charge >= 0.3 is 0 Å². The Balaban J connectivity index is 1.04. The molecule has 3 aliphatic rings. The zero-order chi connectivity index (χ0) is 38.7. The smallest absolute Gasteiger partial charge is 0.164 e. The van der Waals surface area contributed by atoms with E-state index in [9.17, 15) is 0 Å². The van der Waals surface area contributed by atoms with Gasteiger partial charge in [-0.2, -0.15) is 0 Å². The van der Waals surface area contributed by atoms with E-state index in [-0.39, 0.29) is 0 Å². The average Bonchev–Trinajstić information content (AvgIpc) is 3.32. The molecule has 0 saturated carbocycles. The largest absolute Gasteiger partial charge is 0.209 e. The normalized spacial score (nSPS) is 15.1. The third kappa shape index (κ3) is 7.28. The predicted molar refractivity (Wildman–Crippen MR) is 236 cm³/mol. The summed E-state index contributed by atoms with van der Waals surface area (Å²) >= 11 is 0. The van der Waals surface area contributed by atoms with Gasteiger partial charge in [0.2, 0.25) is 0 Å². The molecule has 7 aromatic rings. The molecule has 6 nitrogen and oxygen atoms in total. The molecule has 278 valence electrons. The highest BCUT2D eigenvalue weighted by Gasteiger charge is 2.19. The maximum atomic E-state index is 5.12. The first-order chi connectivity index (χ1) is 28.7. The molecule has 0 aliphatic heterocycles. The molecule has 10 rings (SSSR count). The summed E-state index contributed by atoms with van der Waals surface area (Å²) in [5.41, 5.74) is 11.1. The Morgan fingerprint density at radius 3 is 1.71 bits per heavy atom. The Labute approximate surface area is 338 Å². The van der Waals surface area contributed by atoms with Crippen LogP contribution < -0.4 is 0 Å². The summed E-state index contributed by atoms with van der Waals surface area (Å²) in [6.45, 7) is 0. The van der Waals surface area contributed by atoms with Gasteiger partial charge in [0.15, 0.2) is 34.9 Å². The van der Waals surface area contributed by atoms with Crippen molar-refractivity contribution in [1.29, 1.82) is 0 Å². The lowest BCUT2D eigenvalue weighted by Gasteiger charge is -2.18. The molecule has 58 heavy (non-hydrogen) atoms. The third-order valence-corrected chi connectivity index (χ3v) is 11.0. The van der Waals surface area contributed by atoms with E-state index in [4.69, 9.17) is 29.9 Å². The van der Waals surface area contributed by atoms with Crippen LogP contribution in [0.15, 0.2) is 181 Å². The van der Waals surface area contributed by atoms with Crippen molar-refractivity contribution in [2.75, 3.05) is 0 Å². The van der Waals surface area contributed by atoms with Gasteiger partial charge in [-0.3, -0.25) is 0 Å². The highest BCUT2D eigenvalue weighted by molar-refractivity contribution is 5.97. The number of fused-ring (bicyclic) bond motifs is 1. The van der Waals surface area contributed by atoms with Crippen LogP contribution in [0.5, 0.6) is 0 Å². The van der Waals surface area contributed by atoms with Crippen LogP contribution >= 0.6 is 0 Å². The summed E-state index contributed by atoms with van der Waals surface area (Å²) in [7, 11) is 0. The molecule has 2 aromatic heterocycles. The fraction of sp³-hybridized carbons (Fsp3) is 0.115. The monoisotopic (exact) mass is 748 g/mol. The van der Waals surface area contributed by atoms with E-state index in [1.54, 1.807) is 0 Å². The first-order valence-corrected chi connectivity index (χ1v) is 20.1. The molecule has 6 heteroatoms. The van der Waals surface area contributed by atoms with Crippen LogP contribution in [0.25, 0.3) is 78.6 Å². The zero-order valence-corrected chi connectivity index (χ0v) is 32.1. The van der Waals surface area contributed by atoms with Crippen molar-refractivity contribution >= 4 is 21.9 Å². The Morgan fingerprint density at radius 1 is 0.379 bits per heavy atom. The van der Waals surface area contributed by atoms with E-state index in [1.807, 2.05) is 24.3 Å². The minimum atomic E-state index is 0.635. The van der Waals surface area contributed by atoms with Gasteiger partial charge in [-0.1, -0.05) is 164 Å². The Bertz CT molecular complexity index is 2860. The van der Waals surface area contributed by atoms with Crippen molar-refractivity contribution in [1.82, 2.24) is 29.9 Å². The van der Waals surface area contributed by atoms with E-state index in [0.29, 0.717) is 29.1 Å². The molecular formula is C52H40N6. The summed E-state index contributed by atoms with van der Waals surface area (Å²) in [6, 6.07) is 41.8. The standard InChI is InChI=1S/C52H40N6/c1-5-14-35(15-6-1)37-24-28-41(29-25-37)49-53-47(39-18-9-3-10-19-39)55-51(56-49)44-32-33-45-43(34-44)22-13-23-46(45)52-57-48(40-20-11-4-12-21-40)54-50(58-52)42-30-26-38(27-31-42)36-16-7-2-8-17-36/h1-3,5,7-11,13-14,16-24,26-28,30-34H,4,6,12,15,25,29H2. The van der Waals surface area contributed by atoms with Crippen LogP contribution in [0.4, 0.5) is 0 Å². The topological polar surface area (TPSA) is 77.3 Å². The predicted octanol–water partition coefficient (Wildman–Crippen LogP) is 12.7. The lowest BCUT2D eigenvalue weighted by molar-refractivity contribution is 0.894. The SMILES string of the molecule is C1=CCCC(C2=CC=C(c3nc(-c4ccccc4)nc(-c4ccc5c(-c6nc(C7=CCCC=C7)nc(-c7ccc(-c8ccccc8)cc7)n6)cccc5c4)n3)CC2)=C1. The first-order valence-electron chi connectivity index (χ1n) is 20.1. The van der Waals surface area contributed by atoms with E-state index < -0.39 is 0 Å². The molecule has 2 heterocycles. The van der Waals surface area contributed by atoms with Crippen LogP contribution in [0.1, 0.15) is 50.2 Å². The molecular weight excluding hydrogens is 709 g/mol. The van der Waals surface area contributed by atoms with Gasteiger partial charge < -0.3 is 0 Å². The molecule has 0 bridgehead atoms. The van der Waals surface area contributed by atoms with Crippen molar-refractivity contribution in [2.45, 2.75) is 38.5 Å². The molecule has 0 atom stereocenters. The number of benzene rings is 5. The Kier molecular flexibility index (Phi) is 9.57. The molecule has 0 radical (unpaired) electrons. The van der Waals surface area contributed by atoms with Crippen LogP contribution in [-0.4, -0.2) is 29.9 Å². The van der Waals surface area contributed by atoms with Crippen molar-refractivity contribution in [3.63, 3.8) is 0 Å². The van der Waals surface area contributed by atoms with Crippen LogP contribution in [0.2, 0.25) is 0 Å². The lowest BCUT2D eigenvalue weighted by atomic mass is 9.89. The number of hydrogen-bond donors (Lipinski definition) is 0. The molecule has 0 unspecified atom stereocenters. The fourth-order valence-electron chi connectivity index (χ4n) is 7.92. The molecule has 5 aromatic carbocycles. The number of nitrogens with zero attached hydrogens (tertiary/aromatic N) is 6. The van der Waals surface area contributed by atoms with Crippen molar-refractivity contribution in [2.24, 2.45) is 0 Å². The summed E-state index contributed by atoms with van der Waals surface area (Å²) in [4.78, 5) is 30.4. The van der Waals surface area contributed by atoms with E-state index in [1.165, 1.54) is 16.7 Å². The van der Waals surface area contributed by atoms with Crippen LogP contribution in [-0.2, 0) is 0 Å². The second kappa shape index (κ2) is 15.8. The molecule has 3 aliphatic carbocycles. The van der Waals surface area contributed by atoms with Gasteiger partial charge in [-0.15, -0.1) is 0 Å². The van der Waals surface area contributed by atoms with Gasteiger partial charge in [0.1, 0.15) is 0 Å². The lowest BCUT2D eigenvalue weighted by Crippen LogP contribution is -2.05. The van der Waals surface area contributed by atoms with E-state index >= 15 is 0 Å². The number of hydrogen-bond acceptors (Lipinski definition) is 6. The van der Waals surface area contributed by atoms with Crippen LogP contribution in [0, 0.1) is 0 Å². The van der Waals surface area contributed by atoms with Gasteiger partial charge in [0.25, 0.3) is 0 Å². The summed E-state index contributed by atoms with van der Waals surface area (Å²) in [6.07, 6.45) is 23.7.